The zero-order chi connectivity index (χ0) is 5.11. The molecule has 1 aliphatic heterocycles. The SMILES string of the molecule is NC1=NCCN=N1. The molecule has 2 N–H and O–H groups in total. The van der Waals surface area contributed by atoms with Crippen LogP contribution >= 0.6 is 0 Å². The lowest BCUT2D eigenvalue weighted by molar-refractivity contribution is 0.875. The van der Waals surface area contributed by atoms with Gasteiger partial charge in [-0.05, 0) is 0 Å². The van der Waals surface area contributed by atoms with Crippen LogP contribution in [0.25, 0.3) is 0 Å². The molecular weight excluding hydrogens is 92.1 g/mol. The van der Waals surface area contributed by atoms with E-state index in [1.807, 2.05) is 0 Å². The Morgan fingerprint density at radius 3 is 2.57 bits per heavy atom. The second-order valence-corrected chi connectivity index (χ2v) is 1.20. The maximum Gasteiger partial charge on any atom is 0.235 e. The van der Waals surface area contributed by atoms with Gasteiger partial charge in [-0.25, -0.2) is 4.99 Å². The van der Waals surface area contributed by atoms with Crippen LogP contribution in [0.1, 0.15) is 0 Å². The molecule has 0 bridgehead atoms. The quantitative estimate of drug-likeness (QED) is 0.446. The first-order valence-electron chi connectivity index (χ1n) is 2.07. The average Bonchev–Trinajstić information content (AvgIpc) is 1.69. The van der Waals surface area contributed by atoms with E-state index in [0.29, 0.717) is 19.0 Å². The van der Waals surface area contributed by atoms with Crippen LogP contribution in [0.4, 0.5) is 0 Å². The van der Waals surface area contributed by atoms with Crippen molar-refractivity contribution in [1.29, 1.82) is 0 Å². The van der Waals surface area contributed by atoms with Crippen molar-refractivity contribution < 1.29 is 0 Å². The fourth-order valence-electron chi connectivity index (χ4n) is 0.363. The Morgan fingerprint density at radius 1 is 1.43 bits per heavy atom. The van der Waals surface area contributed by atoms with E-state index >= 15 is 0 Å². The molecule has 0 radical (unpaired) electrons. The minimum absolute atomic E-state index is 0.297. The molecule has 38 valence electrons. The molecule has 4 nitrogen and oxygen atoms in total. The van der Waals surface area contributed by atoms with Gasteiger partial charge in [-0.2, -0.15) is 5.11 Å². The number of nitrogens with zero attached hydrogens (tertiary/aromatic N) is 3. The third-order valence-electron chi connectivity index (χ3n) is 0.647. The average molecular weight is 98.1 g/mol. The molecule has 1 rings (SSSR count). The van der Waals surface area contributed by atoms with Crippen LogP contribution in [-0.4, -0.2) is 19.0 Å². The van der Waals surface area contributed by atoms with Crippen molar-refractivity contribution >= 4 is 5.96 Å². The van der Waals surface area contributed by atoms with Crippen molar-refractivity contribution in [1.82, 2.24) is 0 Å². The molecule has 0 aliphatic carbocycles. The number of aliphatic imine (C=N–C) groups is 1. The standard InChI is InChI=1S/C3H6N4/c4-3-5-1-2-6-7-3/h1-2H2,(H2,4,5). The smallest absolute Gasteiger partial charge is 0.235 e. The Labute approximate surface area is 41.1 Å². The first kappa shape index (κ1) is 4.23. The largest absolute Gasteiger partial charge is 0.367 e. The number of rotatable bonds is 0. The molecule has 1 heterocycles. The first-order valence-corrected chi connectivity index (χ1v) is 2.07. The van der Waals surface area contributed by atoms with Gasteiger partial charge in [0.2, 0.25) is 5.96 Å². The molecule has 0 aromatic rings. The Bertz CT molecular complexity index is 114. The lowest BCUT2D eigenvalue weighted by Crippen LogP contribution is -2.12. The Kier molecular flexibility index (Phi) is 1.02. The molecule has 0 aromatic heterocycles. The maximum absolute atomic E-state index is 5.12. The fraction of sp³-hybridized carbons (Fsp3) is 0.667. The molecule has 0 saturated heterocycles. The van der Waals surface area contributed by atoms with Gasteiger partial charge in [0.1, 0.15) is 0 Å². The molecular formula is C3H6N4. The van der Waals surface area contributed by atoms with Gasteiger partial charge in [0.15, 0.2) is 0 Å². The Balaban J connectivity index is 2.58. The predicted molar refractivity (Wildman–Crippen MR) is 26.2 cm³/mol. The van der Waals surface area contributed by atoms with Gasteiger partial charge < -0.3 is 5.73 Å². The highest BCUT2D eigenvalue weighted by Crippen LogP contribution is 1.85. The molecule has 4 heteroatoms. The first-order chi connectivity index (χ1) is 3.39. The third-order valence-corrected chi connectivity index (χ3v) is 0.647. The van der Waals surface area contributed by atoms with Gasteiger partial charge in [0.25, 0.3) is 0 Å². The summed E-state index contributed by atoms with van der Waals surface area (Å²) in [5, 5.41) is 7.11. The maximum atomic E-state index is 5.12. The van der Waals surface area contributed by atoms with Crippen molar-refractivity contribution in [2.24, 2.45) is 21.0 Å². The topological polar surface area (TPSA) is 63.1 Å². The van der Waals surface area contributed by atoms with E-state index in [4.69, 9.17) is 5.73 Å². The highest BCUT2D eigenvalue weighted by atomic mass is 15.2. The van der Waals surface area contributed by atoms with Gasteiger partial charge in [0.05, 0.1) is 13.1 Å². The zero-order valence-electron chi connectivity index (χ0n) is 3.83. The second kappa shape index (κ2) is 1.68. The normalized spacial score (nSPS) is 19.1. The molecule has 0 aromatic carbocycles. The van der Waals surface area contributed by atoms with Gasteiger partial charge in [-0.1, -0.05) is 0 Å². The summed E-state index contributed by atoms with van der Waals surface area (Å²) in [5.74, 6) is 0.297. The molecule has 0 fully saturated rings. The molecule has 1 aliphatic rings. The summed E-state index contributed by atoms with van der Waals surface area (Å²) < 4.78 is 0. The minimum Gasteiger partial charge on any atom is -0.367 e. The molecule has 0 spiro atoms. The van der Waals surface area contributed by atoms with Crippen LogP contribution in [0.2, 0.25) is 0 Å². The summed E-state index contributed by atoms with van der Waals surface area (Å²) in [6, 6.07) is 0. The lowest BCUT2D eigenvalue weighted by Gasteiger charge is -1.94. The van der Waals surface area contributed by atoms with Crippen LogP contribution in [0.15, 0.2) is 15.2 Å². The summed E-state index contributed by atoms with van der Waals surface area (Å²) in [6.45, 7) is 1.37. The Morgan fingerprint density at radius 2 is 2.29 bits per heavy atom. The molecule has 0 amide bonds. The van der Waals surface area contributed by atoms with Gasteiger partial charge in [-0.3, -0.25) is 0 Å². The predicted octanol–water partition coefficient (Wildman–Crippen LogP) is -0.233. The van der Waals surface area contributed by atoms with E-state index in [2.05, 4.69) is 15.2 Å². The number of azo groups is 1. The van der Waals surface area contributed by atoms with E-state index in [9.17, 15) is 0 Å². The molecule has 7 heavy (non-hydrogen) atoms. The molecule has 0 unspecified atom stereocenters. The zero-order valence-corrected chi connectivity index (χ0v) is 3.83. The van der Waals surface area contributed by atoms with Crippen molar-refractivity contribution in [3.8, 4) is 0 Å². The van der Waals surface area contributed by atoms with E-state index in [1.54, 1.807) is 0 Å². The van der Waals surface area contributed by atoms with E-state index in [0.717, 1.165) is 0 Å². The lowest BCUT2D eigenvalue weighted by atomic mass is 10.6. The monoisotopic (exact) mass is 98.1 g/mol. The third kappa shape index (κ3) is 0.956. The summed E-state index contributed by atoms with van der Waals surface area (Å²) in [5.41, 5.74) is 5.12. The van der Waals surface area contributed by atoms with Crippen LogP contribution < -0.4 is 5.73 Å². The van der Waals surface area contributed by atoms with Crippen molar-refractivity contribution in [2.75, 3.05) is 13.1 Å². The van der Waals surface area contributed by atoms with Crippen molar-refractivity contribution in [2.45, 2.75) is 0 Å². The van der Waals surface area contributed by atoms with Crippen LogP contribution in [-0.2, 0) is 0 Å². The Hall–Kier alpha value is -0.930. The highest BCUT2D eigenvalue weighted by molar-refractivity contribution is 5.78. The van der Waals surface area contributed by atoms with Crippen molar-refractivity contribution in [3.63, 3.8) is 0 Å². The molecule has 0 atom stereocenters. The van der Waals surface area contributed by atoms with Crippen LogP contribution in [0.3, 0.4) is 0 Å². The van der Waals surface area contributed by atoms with E-state index in [-0.39, 0.29) is 0 Å². The fourth-order valence-corrected chi connectivity index (χ4v) is 0.363. The number of nitrogens with two attached hydrogens (primary N) is 1. The van der Waals surface area contributed by atoms with E-state index < -0.39 is 0 Å². The number of hydrogen-bond donors (Lipinski definition) is 1. The minimum atomic E-state index is 0.297. The highest BCUT2D eigenvalue weighted by Gasteiger charge is 1.90. The van der Waals surface area contributed by atoms with Crippen LogP contribution in [0.5, 0.6) is 0 Å². The van der Waals surface area contributed by atoms with Crippen LogP contribution in [0, 0.1) is 0 Å². The van der Waals surface area contributed by atoms with Crippen molar-refractivity contribution in [3.05, 3.63) is 0 Å². The van der Waals surface area contributed by atoms with Gasteiger partial charge >= 0.3 is 0 Å². The number of hydrogen-bond acceptors (Lipinski definition) is 4. The summed E-state index contributed by atoms with van der Waals surface area (Å²) in [4.78, 5) is 3.76. The second-order valence-electron chi connectivity index (χ2n) is 1.20. The summed E-state index contributed by atoms with van der Waals surface area (Å²) in [6.07, 6.45) is 0. The summed E-state index contributed by atoms with van der Waals surface area (Å²) in [7, 11) is 0. The van der Waals surface area contributed by atoms with E-state index in [1.165, 1.54) is 0 Å². The summed E-state index contributed by atoms with van der Waals surface area (Å²) >= 11 is 0. The molecule has 0 saturated carbocycles. The van der Waals surface area contributed by atoms with Gasteiger partial charge in [0, 0.05) is 0 Å². The number of guanidine groups is 1. The van der Waals surface area contributed by atoms with Gasteiger partial charge in [-0.15, -0.1) is 5.11 Å².